The lowest BCUT2D eigenvalue weighted by Crippen LogP contribution is -2.45. The summed E-state index contributed by atoms with van der Waals surface area (Å²) in [6.07, 6.45) is 4.83. The molecule has 1 N–H and O–H groups in total. The first-order valence-electron chi connectivity index (χ1n) is 7.09. The van der Waals surface area contributed by atoms with Crippen molar-refractivity contribution in [2.45, 2.75) is 51.6 Å². The van der Waals surface area contributed by atoms with Gasteiger partial charge in [0.25, 0.3) is 0 Å². The fraction of sp³-hybridized carbons (Fsp3) is 0.625. The molecule has 0 aromatic heterocycles. The van der Waals surface area contributed by atoms with Crippen molar-refractivity contribution in [3.05, 3.63) is 34.1 Å². The number of hydrogen-bond acceptors (Lipinski definition) is 1. The van der Waals surface area contributed by atoms with E-state index in [2.05, 4.69) is 29.8 Å². The van der Waals surface area contributed by atoms with Gasteiger partial charge >= 0.3 is 0 Å². The molecule has 0 aliphatic heterocycles. The van der Waals surface area contributed by atoms with E-state index < -0.39 is 5.60 Å². The molecule has 1 saturated carbocycles. The minimum atomic E-state index is -0.646. The van der Waals surface area contributed by atoms with Crippen LogP contribution in [0.3, 0.4) is 0 Å². The van der Waals surface area contributed by atoms with E-state index in [1.807, 2.05) is 0 Å². The SMILES string of the molecule is CC(C)C1CCCCC1(O)Cc1ccc(F)cc1Br. The maximum atomic E-state index is 13.1. The third-order valence-electron chi connectivity index (χ3n) is 4.38. The van der Waals surface area contributed by atoms with Gasteiger partial charge in [-0.25, -0.2) is 4.39 Å². The van der Waals surface area contributed by atoms with Crippen molar-refractivity contribution in [1.29, 1.82) is 0 Å². The molecule has 0 spiro atoms. The fourth-order valence-corrected chi connectivity index (χ4v) is 3.91. The van der Waals surface area contributed by atoms with Crippen molar-refractivity contribution >= 4 is 15.9 Å². The van der Waals surface area contributed by atoms with Gasteiger partial charge in [0.15, 0.2) is 0 Å². The van der Waals surface area contributed by atoms with Gasteiger partial charge in [0.1, 0.15) is 5.82 Å². The first-order valence-corrected chi connectivity index (χ1v) is 7.88. The maximum absolute atomic E-state index is 13.1. The summed E-state index contributed by atoms with van der Waals surface area (Å²) in [5.41, 5.74) is 0.351. The minimum absolute atomic E-state index is 0.244. The van der Waals surface area contributed by atoms with Gasteiger partial charge in [0, 0.05) is 10.9 Å². The number of halogens is 2. The lowest BCUT2D eigenvalue weighted by atomic mass is 9.68. The molecule has 3 heteroatoms. The van der Waals surface area contributed by atoms with Crippen molar-refractivity contribution in [3.8, 4) is 0 Å². The average Bonchev–Trinajstić information content (AvgIpc) is 2.33. The summed E-state index contributed by atoms with van der Waals surface area (Å²) in [6, 6.07) is 4.73. The molecule has 1 aliphatic rings. The predicted octanol–water partition coefficient (Wildman–Crippen LogP) is 4.71. The highest BCUT2D eigenvalue weighted by Crippen LogP contribution is 2.41. The average molecular weight is 329 g/mol. The number of rotatable bonds is 3. The second kappa shape index (κ2) is 5.92. The maximum Gasteiger partial charge on any atom is 0.124 e. The summed E-state index contributed by atoms with van der Waals surface area (Å²) >= 11 is 3.40. The topological polar surface area (TPSA) is 20.2 Å². The number of hydrogen-bond donors (Lipinski definition) is 1. The van der Waals surface area contributed by atoms with Gasteiger partial charge in [-0.3, -0.25) is 0 Å². The second-order valence-electron chi connectivity index (χ2n) is 6.11. The first-order chi connectivity index (χ1) is 8.92. The molecule has 1 nitrogen and oxygen atoms in total. The van der Waals surface area contributed by atoms with Crippen LogP contribution < -0.4 is 0 Å². The van der Waals surface area contributed by atoms with Crippen molar-refractivity contribution in [1.82, 2.24) is 0 Å². The molecule has 1 fully saturated rings. The molecule has 106 valence electrons. The van der Waals surface area contributed by atoms with Crippen LogP contribution in [-0.4, -0.2) is 10.7 Å². The fourth-order valence-electron chi connectivity index (χ4n) is 3.42. The zero-order chi connectivity index (χ0) is 14.0. The van der Waals surface area contributed by atoms with E-state index in [4.69, 9.17) is 0 Å². The van der Waals surface area contributed by atoms with E-state index >= 15 is 0 Å². The van der Waals surface area contributed by atoms with E-state index in [0.717, 1.165) is 29.3 Å². The molecule has 0 amide bonds. The van der Waals surface area contributed by atoms with Gasteiger partial charge in [-0.2, -0.15) is 0 Å². The Bertz CT molecular complexity index is 446. The number of aliphatic hydroxyl groups is 1. The van der Waals surface area contributed by atoms with Crippen LogP contribution in [0.2, 0.25) is 0 Å². The summed E-state index contributed by atoms with van der Waals surface area (Å²) in [6.45, 7) is 4.36. The lowest BCUT2D eigenvalue weighted by Gasteiger charge is -2.42. The zero-order valence-corrected chi connectivity index (χ0v) is 13.2. The van der Waals surface area contributed by atoms with Gasteiger partial charge in [-0.15, -0.1) is 0 Å². The van der Waals surface area contributed by atoms with Gasteiger partial charge in [-0.05, 0) is 42.4 Å². The molecule has 0 radical (unpaired) electrons. The van der Waals surface area contributed by atoms with Gasteiger partial charge < -0.3 is 5.11 Å². The molecule has 19 heavy (non-hydrogen) atoms. The van der Waals surface area contributed by atoms with Crippen LogP contribution in [0.15, 0.2) is 22.7 Å². The highest BCUT2D eigenvalue weighted by molar-refractivity contribution is 9.10. The van der Waals surface area contributed by atoms with Crippen molar-refractivity contribution < 1.29 is 9.50 Å². The van der Waals surface area contributed by atoms with Gasteiger partial charge in [0.05, 0.1) is 5.60 Å². The Labute approximate surface area is 123 Å². The monoisotopic (exact) mass is 328 g/mol. The Morgan fingerprint density at radius 1 is 1.42 bits per heavy atom. The molecule has 0 heterocycles. The Kier molecular flexibility index (Phi) is 4.67. The third-order valence-corrected chi connectivity index (χ3v) is 5.12. The van der Waals surface area contributed by atoms with E-state index in [0.29, 0.717) is 18.3 Å². The van der Waals surface area contributed by atoms with E-state index in [-0.39, 0.29) is 5.82 Å². The highest BCUT2D eigenvalue weighted by Gasteiger charge is 2.40. The lowest BCUT2D eigenvalue weighted by molar-refractivity contribution is -0.0653. The third kappa shape index (κ3) is 3.38. The van der Waals surface area contributed by atoms with Crippen LogP contribution >= 0.6 is 15.9 Å². The summed E-state index contributed by atoms with van der Waals surface area (Å²) in [5.74, 6) is 0.564. The Morgan fingerprint density at radius 2 is 2.16 bits per heavy atom. The smallest absolute Gasteiger partial charge is 0.124 e. The molecule has 2 atom stereocenters. The summed E-state index contributed by atoms with van der Waals surface area (Å²) < 4.78 is 13.9. The van der Waals surface area contributed by atoms with Crippen molar-refractivity contribution in [2.24, 2.45) is 11.8 Å². The van der Waals surface area contributed by atoms with E-state index in [9.17, 15) is 9.50 Å². The standard InChI is InChI=1S/C16H22BrFO/c1-11(2)14-5-3-4-8-16(14,19)10-12-6-7-13(18)9-15(12)17/h6-7,9,11,14,19H,3-5,8,10H2,1-2H3. The Hall–Kier alpha value is -0.410. The Morgan fingerprint density at radius 3 is 2.79 bits per heavy atom. The second-order valence-corrected chi connectivity index (χ2v) is 6.97. The van der Waals surface area contributed by atoms with Gasteiger partial charge in [0.2, 0.25) is 0 Å². The van der Waals surface area contributed by atoms with Crippen molar-refractivity contribution in [3.63, 3.8) is 0 Å². The van der Waals surface area contributed by atoms with E-state index in [1.165, 1.54) is 18.6 Å². The van der Waals surface area contributed by atoms with Crippen LogP contribution in [-0.2, 0) is 6.42 Å². The molecule has 1 aliphatic carbocycles. The largest absolute Gasteiger partial charge is 0.389 e. The van der Waals surface area contributed by atoms with Crippen LogP contribution in [0.4, 0.5) is 4.39 Å². The predicted molar refractivity (Wildman–Crippen MR) is 79.5 cm³/mol. The normalized spacial score (nSPS) is 27.8. The molecule has 1 aromatic rings. The van der Waals surface area contributed by atoms with Crippen molar-refractivity contribution in [2.75, 3.05) is 0 Å². The van der Waals surface area contributed by atoms with Gasteiger partial charge in [-0.1, -0.05) is 48.7 Å². The van der Waals surface area contributed by atoms with E-state index in [1.54, 1.807) is 6.07 Å². The van der Waals surface area contributed by atoms with Crippen LogP contribution in [0.5, 0.6) is 0 Å². The summed E-state index contributed by atoms with van der Waals surface area (Å²) in [7, 11) is 0. The number of benzene rings is 1. The molecule has 0 bridgehead atoms. The molecular formula is C16H22BrFO. The zero-order valence-electron chi connectivity index (χ0n) is 11.6. The minimum Gasteiger partial charge on any atom is -0.389 e. The quantitative estimate of drug-likeness (QED) is 0.852. The summed E-state index contributed by atoms with van der Waals surface area (Å²) in [5, 5.41) is 11.0. The highest BCUT2D eigenvalue weighted by atomic mass is 79.9. The molecule has 1 aromatic carbocycles. The first kappa shape index (κ1) is 15.0. The Balaban J connectivity index is 2.23. The molecular weight excluding hydrogens is 307 g/mol. The molecule has 2 rings (SSSR count). The van der Waals surface area contributed by atoms with Crippen LogP contribution in [0, 0.1) is 17.7 Å². The molecule has 2 unspecified atom stereocenters. The molecule has 0 saturated heterocycles. The van der Waals surface area contributed by atoms with Crippen LogP contribution in [0.25, 0.3) is 0 Å². The summed E-state index contributed by atoms with van der Waals surface area (Å²) in [4.78, 5) is 0. The van der Waals surface area contributed by atoms with Crippen LogP contribution in [0.1, 0.15) is 45.1 Å².